The highest BCUT2D eigenvalue weighted by molar-refractivity contribution is 6.01. The number of β-lactam (4-membered cyclic amide) rings is 1. The summed E-state index contributed by atoms with van der Waals surface area (Å²) in [6.45, 7) is -0.476. The standard InChI is InChI=1S/C22H17F7N4O4/c1-31(13-4-2-12(23)3-5-13)20(36)37-17-14(22(27,28)29)8-11(21(24,25)26)9-15(17)32-6-7-33(19(32)35)16-10-30-18(16)34/h2-5,8-9,16H,6-7,10H2,1H3,(H,30,34). The fraction of sp³-hybridized carbons (Fsp3) is 0.318. The highest BCUT2D eigenvalue weighted by Crippen LogP contribution is 2.47. The summed E-state index contributed by atoms with van der Waals surface area (Å²) in [6, 6.07) is 2.29. The molecule has 37 heavy (non-hydrogen) atoms. The number of urea groups is 1. The molecule has 2 aromatic carbocycles. The van der Waals surface area contributed by atoms with Gasteiger partial charge in [-0.3, -0.25) is 14.6 Å². The van der Waals surface area contributed by atoms with E-state index in [0.29, 0.717) is 9.80 Å². The molecule has 0 aliphatic carbocycles. The number of nitrogens with zero attached hydrogens (tertiary/aromatic N) is 3. The van der Waals surface area contributed by atoms with Crippen LogP contribution in [0.25, 0.3) is 0 Å². The number of nitrogens with one attached hydrogen (secondary N) is 1. The summed E-state index contributed by atoms with van der Waals surface area (Å²) in [5.74, 6) is -2.51. The molecule has 2 aliphatic rings. The first-order valence-corrected chi connectivity index (χ1v) is 10.6. The monoisotopic (exact) mass is 534 g/mol. The van der Waals surface area contributed by atoms with Crippen LogP contribution in [0.5, 0.6) is 5.75 Å². The number of amides is 4. The van der Waals surface area contributed by atoms with E-state index in [9.17, 15) is 45.1 Å². The maximum absolute atomic E-state index is 13.9. The molecule has 0 saturated carbocycles. The van der Waals surface area contributed by atoms with Crippen molar-refractivity contribution in [2.45, 2.75) is 18.4 Å². The quantitative estimate of drug-likeness (QED) is 0.470. The maximum Gasteiger partial charge on any atom is 0.420 e. The molecule has 2 fully saturated rings. The van der Waals surface area contributed by atoms with Gasteiger partial charge in [0, 0.05) is 32.4 Å². The number of hydrogen-bond acceptors (Lipinski definition) is 4. The number of anilines is 2. The lowest BCUT2D eigenvalue weighted by molar-refractivity contribution is -0.143. The molecule has 2 saturated heterocycles. The van der Waals surface area contributed by atoms with Gasteiger partial charge in [0.25, 0.3) is 0 Å². The number of hydrogen-bond donors (Lipinski definition) is 1. The summed E-state index contributed by atoms with van der Waals surface area (Å²) in [7, 11) is 1.09. The average Bonchev–Trinajstić information content (AvgIpc) is 3.17. The van der Waals surface area contributed by atoms with E-state index in [1.165, 1.54) is 0 Å². The van der Waals surface area contributed by atoms with Crippen LogP contribution >= 0.6 is 0 Å². The molecule has 0 radical (unpaired) electrons. The predicted molar refractivity (Wildman–Crippen MR) is 114 cm³/mol. The van der Waals surface area contributed by atoms with Crippen molar-refractivity contribution in [3.63, 3.8) is 0 Å². The van der Waals surface area contributed by atoms with E-state index >= 15 is 0 Å². The Kier molecular flexibility index (Phi) is 6.42. The first-order valence-electron chi connectivity index (χ1n) is 10.6. The van der Waals surface area contributed by atoms with Gasteiger partial charge >= 0.3 is 24.5 Å². The van der Waals surface area contributed by atoms with Crippen LogP contribution in [0.2, 0.25) is 0 Å². The van der Waals surface area contributed by atoms with E-state index in [1.807, 2.05) is 0 Å². The highest BCUT2D eigenvalue weighted by Gasteiger charge is 2.46. The Morgan fingerprint density at radius 2 is 1.68 bits per heavy atom. The highest BCUT2D eigenvalue weighted by atomic mass is 19.4. The van der Waals surface area contributed by atoms with E-state index in [1.54, 1.807) is 0 Å². The molecule has 4 rings (SSSR count). The third kappa shape index (κ3) is 4.97. The molecule has 8 nitrogen and oxygen atoms in total. The summed E-state index contributed by atoms with van der Waals surface area (Å²) < 4.78 is 101. The summed E-state index contributed by atoms with van der Waals surface area (Å²) in [6.07, 6.45) is -12.1. The van der Waals surface area contributed by atoms with E-state index in [0.717, 1.165) is 36.2 Å². The zero-order chi connectivity index (χ0) is 27.3. The SMILES string of the molecule is CN(C(=O)Oc1c(N2CCN(C3CNC3=O)C2=O)cc(C(F)(F)F)cc1C(F)(F)F)c1ccc(F)cc1. The molecule has 1 unspecified atom stereocenters. The second-order valence-electron chi connectivity index (χ2n) is 8.16. The van der Waals surface area contributed by atoms with Gasteiger partial charge in [-0.2, -0.15) is 26.3 Å². The number of ether oxygens (including phenoxy) is 1. The van der Waals surface area contributed by atoms with Crippen LogP contribution in [-0.2, 0) is 17.1 Å². The van der Waals surface area contributed by atoms with Crippen molar-refractivity contribution in [1.29, 1.82) is 0 Å². The van der Waals surface area contributed by atoms with Crippen LogP contribution in [0.4, 0.5) is 51.7 Å². The molecule has 0 spiro atoms. The minimum atomic E-state index is -5.42. The van der Waals surface area contributed by atoms with Gasteiger partial charge in [0.2, 0.25) is 5.91 Å². The lowest BCUT2D eigenvalue weighted by atomic mass is 10.1. The third-order valence-corrected chi connectivity index (χ3v) is 5.86. The van der Waals surface area contributed by atoms with Gasteiger partial charge in [-0.25, -0.2) is 14.0 Å². The molecular weight excluding hydrogens is 517 g/mol. The number of carbonyl (C=O) groups is 3. The van der Waals surface area contributed by atoms with Crippen molar-refractivity contribution in [2.75, 3.05) is 36.5 Å². The number of carbonyl (C=O) groups excluding carboxylic acids is 3. The first kappa shape index (κ1) is 26.0. The Labute approximate surface area is 204 Å². The summed E-state index contributed by atoms with van der Waals surface area (Å²) in [4.78, 5) is 39.7. The van der Waals surface area contributed by atoms with E-state index in [-0.39, 0.29) is 37.5 Å². The van der Waals surface area contributed by atoms with Crippen LogP contribution in [0.1, 0.15) is 11.1 Å². The normalized spacial score (nSPS) is 18.0. The van der Waals surface area contributed by atoms with Crippen LogP contribution in [0.15, 0.2) is 36.4 Å². The number of rotatable bonds is 4. The molecule has 4 amide bonds. The van der Waals surface area contributed by atoms with Gasteiger partial charge < -0.3 is 15.0 Å². The lowest BCUT2D eigenvalue weighted by Crippen LogP contribution is -2.62. The van der Waals surface area contributed by atoms with E-state index < -0.39 is 64.8 Å². The lowest BCUT2D eigenvalue weighted by Gasteiger charge is -2.33. The second-order valence-corrected chi connectivity index (χ2v) is 8.16. The van der Waals surface area contributed by atoms with Gasteiger partial charge in [0.1, 0.15) is 17.4 Å². The smallest absolute Gasteiger partial charge is 0.407 e. The van der Waals surface area contributed by atoms with Gasteiger partial charge in [-0.1, -0.05) is 0 Å². The van der Waals surface area contributed by atoms with Crippen molar-refractivity contribution in [3.05, 3.63) is 53.3 Å². The molecule has 198 valence electrons. The van der Waals surface area contributed by atoms with Crippen LogP contribution in [-0.4, -0.2) is 55.7 Å². The molecule has 1 atom stereocenters. The average molecular weight is 534 g/mol. The minimum Gasteiger partial charge on any atom is -0.407 e. The molecular formula is C22H17F7N4O4. The van der Waals surface area contributed by atoms with Gasteiger partial charge in [-0.15, -0.1) is 0 Å². The number of alkyl halides is 6. The van der Waals surface area contributed by atoms with Gasteiger partial charge in [-0.05, 0) is 36.4 Å². The zero-order valence-electron chi connectivity index (χ0n) is 18.8. The number of halogens is 7. The van der Waals surface area contributed by atoms with Crippen LogP contribution in [0, 0.1) is 5.82 Å². The molecule has 2 aromatic rings. The van der Waals surface area contributed by atoms with Crippen molar-refractivity contribution in [2.24, 2.45) is 0 Å². The molecule has 0 aromatic heterocycles. The number of benzene rings is 2. The van der Waals surface area contributed by atoms with Crippen molar-refractivity contribution in [3.8, 4) is 5.75 Å². The van der Waals surface area contributed by atoms with Crippen molar-refractivity contribution in [1.82, 2.24) is 10.2 Å². The Morgan fingerprint density at radius 1 is 1.03 bits per heavy atom. The zero-order valence-corrected chi connectivity index (χ0v) is 18.8. The molecule has 1 N–H and O–H groups in total. The second kappa shape index (κ2) is 9.12. The summed E-state index contributed by atoms with van der Waals surface area (Å²) in [5.41, 5.74) is -4.61. The topological polar surface area (TPSA) is 82.2 Å². The Bertz CT molecular complexity index is 1250. The Morgan fingerprint density at radius 3 is 2.19 bits per heavy atom. The Hall–Kier alpha value is -4.04. The van der Waals surface area contributed by atoms with Crippen LogP contribution < -0.4 is 19.9 Å². The van der Waals surface area contributed by atoms with Gasteiger partial charge in [0.05, 0.1) is 11.3 Å². The molecule has 2 heterocycles. The van der Waals surface area contributed by atoms with Gasteiger partial charge in [0.15, 0.2) is 5.75 Å². The van der Waals surface area contributed by atoms with E-state index in [2.05, 4.69) is 5.32 Å². The summed E-state index contributed by atoms with van der Waals surface area (Å²) in [5, 5.41) is 2.39. The van der Waals surface area contributed by atoms with Crippen molar-refractivity contribution >= 4 is 29.4 Å². The molecule has 2 aliphatic heterocycles. The maximum atomic E-state index is 13.9. The molecule has 15 heteroatoms. The minimum absolute atomic E-state index is 0.00726. The third-order valence-electron chi connectivity index (χ3n) is 5.86. The fourth-order valence-corrected chi connectivity index (χ4v) is 3.82. The van der Waals surface area contributed by atoms with Crippen LogP contribution in [0.3, 0.4) is 0 Å². The first-order chi connectivity index (χ1) is 17.2. The van der Waals surface area contributed by atoms with Crippen molar-refractivity contribution < 1.29 is 49.9 Å². The van der Waals surface area contributed by atoms with E-state index in [4.69, 9.17) is 4.74 Å². The molecule has 0 bridgehead atoms. The predicted octanol–water partition coefficient (Wildman–Crippen LogP) is 4.24. The Balaban J connectivity index is 1.79. The largest absolute Gasteiger partial charge is 0.420 e. The fourth-order valence-electron chi connectivity index (χ4n) is 3.82. The summed E-state index contributed by atoms with van der Waals surface area (Å²) >= 11 is 0.